The molecule has 0 bridgehead atoms. The summed E-state index contributed by atoms with van der Waals surface area (Å²) < 4.78 is 11.5. The average Bonchev–Trinajstić information content (AvgIpc) is 2.28. The third-order valence-electron chi connectivity index (χ3n) is 3.52. The SMILES string of the molecule is C.CCC[SiH](C)[C]1([AlH][O]C(C)=O)CCCCO1. The number of carbonyl (C=O) groups excluding carboxylic acids is 1. The molecule has 1 aliphatic heterocycles. The third kappa shape index (κ3) is 5.13. The van der Waals surface area contributed by atoms with Crippen LogP contribution in [0.5, 0.6) is 0 Å². The van der Waals surface area contributed by atoms with E-state index in [-0.39, 0.29) is 17.5 Å². The molecule has 0 amide bonds. The van der Waals surface area contributed by atoms with Crippen LogP contribution in [0.3, 0.4) is 0 Å². The molecule has 5 heteroatoms. The van der Waals surface area contributed by atoms with Crippen molar-refractivity contribution in [2.24, 2.45) is 0 Å². The fraction of sp³-hybridized carbons (Fsp3) is 0.917. The Bertz CT molecular complexity index is 230. The van der Waals surface area contributed by atoms with Gasteiger partial charge in [-0.25, -0.2) is 0 Å². The zero-order valence-corrected chi connectivity index (χ0v) is 13.3. The van der Waals surface area contributed by atoms with Crippen molar-refractivity contribution in [3.05, 3.63) is 0 Å². The van der Waals surface area contributed by atoms with Gasteiger partial charge in [-0.2, -0.15) is 0 Å². The lowest BCUT2D eigenvalue weighted by molar-refractivity contribution is -0.132. The molecule has 100 valence electrons. The Morgan fingerprint density at radius 2 is 2.24 bits per heavy atom. The van der Waals surface area contributed by atoms with Crippen molar-refractivity contribution in [1.29, 1.82) is 0 Å². The summed E-state index contributed by atoms with van der Waals surface area (Å²) in [7, 11) is -0.916. The second-order valence-electron chi connectivity index (χ2n) is 4.84. The fourth-order valence-electron chi connectivity index (χ4n) is 2.44. The number of carbonyl (C=O) groups is 1. The molecule has 0 aliphatic carbocycles. The van der Waals surface area contributed by atoms with Crippen molar-refractivity contribution < 1.29 is 13.3 Å². The molecule has 1 saturated heterocycles. The molecule has 1 fully saturated rings. The zero-order valence-electron chi connectivity index (χ0n) is 10.8. The number of hydrogen-bond donors (Lipinski definition) is 0. The van der Waals surface area contributed by atoms with Crippen molar-refractivity contribution in [3.63, 3.8) is 0 Å². The molecule has 0 aromatic carbocycles. The van der Waals surface area contributed by atoms with E-state index in [2.05, 4.69) is 13.5 Å². The quantitative estimate of drug-likeness (QED) is 0.721. The molecule has 0 spiro atoms. The number of rotatable bonds is 5. The fourth-order valence-corrected chi connectivity index (χ4v) is 8.00. The standard InChI is InChI=1S/C9H19OSi.C2H4O2.CH4.Al.H/c1-3-8-11(2)9-6-4-5-7-10-9;1-2(3)4;;;/h11H,3-8H2,1-2H3;1H3,(H,3,4);1H4;;/q;;;+1;/p-1. The predicted octanol–water partition coefficient (Wildman–Crippen LogP) is 2.24. The van der Waals surface area contributed by atoms with Crippen LogP contribution in [0.1, 0.15) is 47.0 Å². The highest BCUT2D eigenvalue weighted by molar-refractivity contribution is 6.72. The van der Waals surface area contributed by atoms with Crippen LogP contribution in [-0.2, 0) is 13.3 Å². The van der Waals surface area contributed by atoms with E-state index in [0.717, 1.165) is 13.0 Å². The van der Waals surface area contributed by atoms with Crippen molar-refractivity contribution in [2.45, 2.75) is 63.6 Å². The van der Waals surface area contributed by atoms with Crippen molar-refractivity contribution in [1.82, 2.24) is 0 Å². The average molecular weight is 274 g/mol. The molecule has 0 saturated carbocycles. The van der Waals surface area contributed by atoms with Crippen LogP contribution in [0.15, 0.2) is 0 Å². The van der Waals surface area contributed by atoms with Crippen LogP contribution in [0, 0.1) is 0 Å². The van der Waals surface area contributed by atoms with Crippen molar-refractivity contribution in [2.75, 3.05) is 6.61 Å². The smallest absolute Gasteiger partial charge is 0.555 e. The molecule has 0 N–H and O–H groups in total. The van der Waals surface area contributed by atoms with E-state index < -0.39 is 24.3 Å². The van der Waals surface area contributed by atoms with Crippen LogP contribution in [0.25, 0.3) is 0 Å². The molecule has 3 nitrogen and oxygen atoms in total. The molecule has 0 aromatic rings. The Kier molecular flexibility index (Phi) is 8.40. The Hall–Kier alpha value is 0.179. The molecule has 0 radical (unpaired) electrons. The highest BCUT2D eigenvalue weighted by Crippen LogP contribution is 2.29. The van der Waals surface area contributed by atoms with Gasteiger partial charge in [-0.1, -0.05) is 33.4 Å². The first-order valence-corrected chi connectivity index (χ1v) is 10.2. The van der Waals surface area contributed by atoms with Gasteiger partial charge in [0.15, 0.2) is 0 Å². The molecule has 1 rings (SSSR count). The molecular formula is C12H27AlO3Si. The van der Waals surface area contributed by atoms with E-state index >= 15 is 0 Å². The molecule has 1 aliphatic rings. The predicted molar refractivity (Wildman–Crippen MR) is 76.3 cm³/mol. The molecular weight excluding hydrogens is 247 g/mol. The zero-order chi connectivity index (χ0) is 12.0. The Balaban J connectivity index is 0.00000256. The van der Waals surface area contributed by atoms with E-state index in [4.69, 9.17) is 8.53 Å². The Labute approximate surface area is 114 Å². The maximum absolute atomic E-state index is 11.0. The van der Waals surface area contributed by atoms with E-state index in [1.54, 1.807) is 0 Å². The van der Waals surface area contributed by atoms with Gasteiger partial charge >= 0.3 is 15.6 Å². The second kappa shape index (κ2) is 8.31. The van der Waals surface area contributed by atoms with Gasteiger partial charge in [0.25, 0.3) is 5.97 Å². The minimum atomic E-state index is -0.916. The summed E-state index contributed by atoms with van der Waals surface area (Å²) >= 11 is -0.867. The summed E-state index contributed by atoms with van der Waals surface area (Å²) in [5.74, 6) is -0.127. The lowest BCUT2D eigenvalue weighted by Gasteiger charge is -2.40. The Morgan fingerprint density at radius 1 is 1.53 bits per heavy atom. The summed E-state index contributed by atoms with van der Waals surface area (Å²) in [5, 5.41) is 0. The summed E-state index contributed by atoms with van der Waals surface area (Å²) in [6.07, 6.45) is 4.78. The first kappa shape index (κ1) is 17.2. The van der Waals surface area contributed by atoms with Crippen LogP contribution < -0.4 is 0 Å². The molecule has 2 atom stereocenters. The lowest BCUT2D eigenvalue weighted by atomic mass is 10.2. The molecule has 1 heterocycles. The van der Waals surface area contributed by atoms with Gasteiger partial charge in [-0.3, -0.25) is 4.79 Å². The van der Waals surface area contributed by atoms with Crippen molar-refractivity contribution >= 4 is 30.3 Å². The van der Waals surface area contributed by atoms with Gasteiger partial charge in [-0.05, 0) is 19.3 Å². The first-order chi connectivity index (χ1) is 7.60. The summed E-state index contributed by atoms with van der Waals surface area (Å²) in [6.45, 7) is 6.99. The number of ether oxygens (including phenoxy) is 1. The summed E-state index contributed by atoms with van der Waals surface area (Å²) in [6, 6.07) is 1.30. The van der Waals surface area contributed by atoms with E-state index in [0.29, 0.717) is 0 Å². The van der Waals surface area contributed by atoms with Crippen LogP contribution >= 0.6 is 0 Å². The second-order valence-corrected chi connectivity index (χ2v) is 10.9. The van der Waals surface area contributed by atoms with Gasteiger partial charge in [-0.15, -0.1) is 0 Å². The summed E-state index contributed by atoms with van der Waals surface area (Å²) in [4.78, 5) is 11.0. The van der Waals surface area contributed by atoms with Crippen LogP contribution in [0.2, 0.25) is 12.6 Å². The molecule has 2 unspecified atom stereocenters. The lowest BCUT2D eigenvalue weighted by Crippen LogP contribution is -2.54. The van der Waals surface area contributed by atoms with Gasteiger partial charge in [0.2, 0.25) is 0 Å². The van der Waals surface area contributed by atoms with Gasteiger partial charge < -0.3 is 8.53 Å². The molecule has 0 aromatic heterocycles. The normalized spacial score (nSPS) is 25.6. The molecule has 17 heavy (non-hydrogen) atoms. The Morgan fingerprint density at radius 3 is 2.71 bits per heavy atom. The van der Waals surface area contributed by atoms with E-state index in [1.165, 1.54) is 32.2 Å². The van der Waals surface area contributed by atoms with Crippen LogP contribution in [-0.4, -0.2) is 41.0 Å². The highest BCUT2D eigenvalue weighted by atomic mass is 28.3. The minimum Gasteiger partial charge on any atom is -0.618 e. The maximum atomic E-state index is 11.0. The highest BCUT2D eigenvalue weighted by Gasteiger charge is 2.43. The van der Waals surface area contributed by atoms with Gasteiger partial charge in [0.05, 0.1) is 12.9 Å². The van der Waals surface area contributed by atoms with Crippen LogP contribution in [0.4, 0.5) is 0 Å². The monoisotopic (exact) mass is 274 g/mol. The van der Waals surface area contributed by atoms with E-state index in [9.17, 15) is 4.79 Å². The van der Waals surface area contributed by atoms with Crippen molar-refractivity contribution in [3.8, 4) is 0 Å². The largest absolute Gasteiger partial charge is 0.618 e. The maximum Gasteiger partial charge on any atom is 0.555 e. The topological polar surface area (TPSA) is 35.5 Å². The van der Waals surface area contributed by atoms with Gasteiger partial charge in [0, 0.05) is 13.5 Å². The first-order valence-electron chi connectivity index (χ1n) is 6.38. The minimum absolute atomic E-state index is 0. The summed E-state index contributed by atoms with van der Waals surface area (Å²) in [5.41, 5.74) is 0. The number of hydrogen-bond acceptors (Lipinski definition) is 3. The van der Waals surface area contributed by atoms with E-state index in [1.807, 2.05) is 0 Å². The van der Waals surface area contributed by atoms with Gasteiger partial charge in [0.1, 0.15) is 0 Å². The third-order valence-corrected chi connectivity index (χ3v) is 11.4.